The third-order valence-corrected chi connectivity index (χ3v) is 3.80. The van der Waals surface area contributed by atoms with Crippen molar-refractivity contribution < 1.29 is 14.4 Å². The van der Waals surface area contributed by atoms with Gasteiger partial charge in [-0.3, -0.25) is 19.3 Å². The lowest BCUT2D eigenvalue weighted by atomic mass is 10.0. The van der Waals surface area contributed by atoms with Crippen LogP contribution in [0.25, 0.3) is 5.70 Å². The first-order valence-electron chi connectivity index (χ1n) is 6.38. The van der Waals surface area contributed by atoms with Crippen molar-refractivity contribution >= 4 is 23.4 Å². The minimum Gasteiger partial charge on any atom is -0.306 e. The number of fused-ring (bicyclic) bond motifs is 2. The molecule has 0 N–H and O–H groups in total. The van der Waals surface area contributed by atoms with E-state index in [-0.39, 0.29) is 23.8 Å². The summed E-state index contributed by atoms with van der Waals surface area (Å²) in [5.41, 5.74) is 2.30. The summed E-state index contributed by atoms with van der Waals surface area (Å²) in [6.45, 7) is 7.72. The third-order valence-electron chi connectivity index (χ3n) is 3.80. The second-order valence-corrected chi connectivity index (χ2v) is 5.33. The average Bonchev–Trinajstić information content (AvgIpc) is 2.77. The van der Waals surface area contributed by atoms with E-state index in [4.69, 9.17) is 0 Å². The SMILES string of the molecule is C=C1c2cc3c(cc2C(=O)N1C(C)C)C(=O)N(C)C3=O. The van der Waals surface area contributed by atoms with E-state index in [0.29, 0.717) is 28.0 Å². The molecule has 0 unspecified atom stereocenters. The van der Waals surface area contributed by atoms with E-state index in [1.54, 1.807) is 11.0 Å². The number of rotatable bonds is 1. The fourth-order valence-corrected chi connectivity index (χ4v) is 2.75. The van der Waals surface area contributed by atoms with Gasteiger partial charge in [0.05, 0.1) is 16.7 Å². The van der Waals surface area contributed by atoms with Crippen molar-refractivity contribution in [2.45, 2.75) is 19.9 Å². The third kappa shape index (κ3) is 1.35. The Morgan fingerprint density at radius 2 is 1.35 bits per heavy atom. The lowest BCUT2D eigenvalue weighted by Gasteiger charge is -2.21. The fraction of sp³-hybridized carbons (Fsp3) is 0.267. The molecule has 0 aliphatic carbocycles. The summed E-state index contributed by atoms with van der Waals surface area (Å²) < 4.78 is 0. The van der Waals surface area contributed by atoms with Crippen LogP contribution in [0.5, 0.6) is 0 Å². The Morgan fingerprint density at radius 3 is 1.85 bits per heavy atom. The summed E-state index contributed by atoms with van der Waals surface area (Å²) in [7, 11) is 1.44. The molecule has 3 rings (SSSR count). The molecule has 20 heavy (non-hydrogen) atoms. The average molecular weight is 270 g/mol. The normalized spacial score (nSPS) is 17.4. The summed E-state index contributed by atoms with van der Waals surface area (Å²) >= 11 is 0. The molecule has 0 saturated heterocycles. The number of hydrogen-bond acceptors (Lipinski definition) is 3. The van der Waals surface area contributed by atoms with Gasteiger partial charge in [0.1, 0.15) is 0 Å². The van der Waals surface area contributed by atoms with Crippen LogP contribution < -0.4 is 0 Å². The number of nitrogens with zero attached hydrogens (tertiary/aromatic N) is 2. The van der Waals surface area contributed by atoms with Gasteiger partial charge in [0, 0.05) is 24.4 Å². The topological polar surface area (TPSA) is 57.7 Å². The monoisotopic (exact) mass is 270 g/mol. The highest BCUT2D eigenvalue weighted by atomic mass is 16.2. The molecule has 5 nitrogen and oxygen atoms in total. The molecule has 102 valence electrons. The summed E-state index contributed by atoms with van der Waals surface area (Å²) in [5, 5.41) is 0. The van der Waals surface area contributed by atoms with Gasteiger partial charge in [-0.05, 0) is 26.0 Å². The van der Waals surface area contributed by atoms with Crippen LogP contribution in [0.1, 0.15) is 50.5 Å². The Balaban J connectivity index is 2.21. The van der Waals surface area contributed by atoms with Crippen LogP contribution in [0.15, 0.2) is 18.7 Å². The number of hydrogen-bond donors (Lipinski definition) is 0. The van der Waals surface area contributed by atoms with E-state index in [0.717, 1.165) is 4.90 Å². The molecule has 3 amide bonds. The van der Waals surface area contributed by atoms with Gasteiger partial charge in [-0.15, -0.1) is 0 Å². The molecule has 0 aromatic heterocycles. The standard InChI is InChI=1S/C15H14N2O3/c1-7(2)17-8(3)9-5-11-12(6-10(9)15(17)20)14(19)16(4)13(11)18/h5-7H,3H2,1-2,4H3. The highest BCUT2D eigenvalue weighted by Gasteiger charge is 2.39. The van der Waals surface area contributed by atoms with Crippen LogP contribution in [-0.4, -0.2) is 40.6 Å². The Labute approximate surface area is 116 Å². The number of imide groups is 1. The van der Waals surface area contributed by atoms with Crippen molar-refractivity contribution in [3.63, 3.8) is 0 Å². The van der Waals surface area contributed by atoms with Crippen LogP contribution in [0.3, 0.4) is 0 Å². The van der Waals surface area contributed by atoms with Crippen LogP contribution in [0.4, 0.5) is 0 Å². The maximum atomic E-state index is 12.4. The Bertz CT molecular complexity index is 648. The molecule has 0 atom stereocenters. The maximum Gasteiger partial charge on any atom is 0.261 e. The van der Waals surface area contributed by atoms with Crippen LogP contribution in [0.2, 0.25) is 0 Å². The zero-order valence-electron chi connectivity index (χ0n) is 11.6. The molecule has 2 aliphatic heterocycles. The van der Waals surface area contributed by atoms with E-state index < -0.39 is 0 Å². The quantitative estimate of drug-likeness (QED) is 0.730. The zero-order valence-corrected chi connectivity index (χ0v) is 11.6. The first kappa shape index (κ1) is 12.6. The molecule has 1 aromatic carbocycles. The van der Waals surface area contributed by atoms with Crippen molar-refractivity contribution in [1.82, 2.24) is 9.80 Å². The predicted octanol–water partition coefficient (Wildman–Crippen LogP) is 1.75. The van der Waals surface area contributed by atoms with Gasteiger partial charge in [-0.25, -0.2) is 0 Å². The van der Waals surface area contributed by atoms with Crippen molar-refractivity contribution in [1.29, 1.82) is 0 Å². The van der Waals surface area contributed by atoms with Gasteiger partial charge >= 0.3 is 0 Å². The van der Waals surface area contributed by atoms with Crippen molar-refractivity contribution in [2.24, 2.45) is 0 Å². The Kier molecular flexibility index (Phi) is 2.38. The smallest absolute Gasteiger partial charge is 0.261 e. The van der Waals surface area contributed by atoms with Gasteiger partial charge in [0.25, 0.3) is 17.7 Å². The maximum absolute atomic E-state index is 12.4. The fourth-order valence-electron chi connectivity index (χ4n) is 2.75. The number of benzene rings is 1. The number of amides is 3. The molecule has 1 aromatic rings. The zero-order chi connectivity index (χ0) is 14.8. The van der Waals surface area contributed by atoms with Gasteiger partial charge in [0.2, 0.25) is 0 Å². The second-order valence-electron chi connectivity index (χ2n) is 5.33. The van der Waals surface area contributed by atoms with Gasteiger partial charge in [0.15, 0.2) is 0 Å². The van der Waals surface area contributed by atoms with Gasteiger partial charge in [-0.2, -0.15) is 0 Å². The summed E-state index contributed by atoms with van der Waals surface area (Å²) in [5.74, 6) is -0.872. The van der Waals surface area contributed by atoms with Gasteiger partial charge < -0.3 is 4.90 Å². The van der Waals surface area contributed by atoms with Crippen molar-refractivity contribution in [3.05, 3.63) is 41.0 Å². The molecule has 2 aliphatic rings. The van der Waals surface area contributed by atoms with Crippen LogP contribution >= 0.6 is 0 Å². The van der Waals surface area contributed by atoms with E-state index in [9.17, 15) is 14.4 Å². The highest BCUT2D eigenvalue weighted by molar-refractivity contribution is 6.23. The van der Waals surface area contributed by atoms with E-state index in [2.05, 4.69) is 6.58 Å². The van der Waals surface area contributed by atoms with E-state index in [1.807, 2.05) is 13.8 Å². The number of carbonyl (C=O) groups excluding carboxylic acids is 3. The lowest BCUT2D eigenvalue weighted by molar-refractivity contribution is 0.0692. The lowest BCUT2D eigenvalue weighted by Crippen LogP contribution is -2.29. The van der Waals surface area contributed by atoms with Gasteiger partial charge in [-0.1, -0.05) is 6.58 Å². The molecule has 0 bridgehead atoms. The molecule has 0 spiro atoms. The van der Waals surface area contributed by atoms with Crippen molar-refractivity contribution in [2.75, 3.05) is 7.05 Å². The molecule has 2 heterocycles. The Morgan fingerprint density at radius 1 is 0.900 bits per heavy atom. The predicted molar refractivity (Wildman–Crippen MR) is 73.2 cm³/mol. The van der Waals surface area contributed by atoms with E-state index in [1.165, 1.54) is 13.1 Å². The Hall–Kier alpha value is -2.43. The highest BCUT2D eigenvalue weighted by Crippen LogP contribution is 2.36. The van der Waals surface area contributed by atoms with Crippen molar-refractivity contribution in [3.8, 4) is 0 Å². The van der Waals surface area contributed by atoms with E-state index >= 15 is 0 Å². The van der Waals surface area contributed by atoms with Crippen LogP contribution in [0, 0.1) is 0 Å². The summed E-state index contributed by atoms with van der Waals surface area (Å²) in [4.78, 5) is 39.0. The second kappa shape index (κ2) is 3.79. The summed E-state index contributed by atoms with van der Waals surface area (Å²) in [6.07, 6.45) is 0. The molecule has 0 saturated carbocycles. The molecule has 5 heteroatoms. The largest absolute Gasteiger partial charge is 0.306 e. The molecule has 0 radical (unpaired) electrons. The molecular formula is C15H14N2O3. The minimum atomic E-state index is -0.366. The first-order chi connectivity index (χ1) is 9.34. The molecular weight excluding hydrogens is 256 g/mol. The minimum absolute atomic E-state index is 0.0219. The first-order valence-corrected chi connectivity index (χ1v) is 6.38. The van der Waals surface area contributed by atoms with Crippen LogP contribution in [-0.2, 0) is 0 Å². The number of carbonyl (C=O) groups is 3. The molecule has 0 fully saturated rings. The summed E-state index contributed by atoms with van der Waals surface area (Å²) in [6, 6.07) is 3.10.